The van der Waals surface area contributed by atoms with Gasteiger partial charge in [-0.05, 0) is 24.3 Å². The van der Waals surface area contributed by atoms with Gasteiger partial charge < -0.3 is 9.32 Å². The van der Waals surface area contributed by atoms with Crippen LogP contribution in [0.4, 0.5) is 0 Å². The van der Waals surface area contributed by atoms with Crippen molar-refractivity contribution >= 4 is 55.1 Å². The maximum absolute atomic E-state index is 12.9. The van der Waals surface area contributed by atoms with Crippen LogP contribution in [0.2, 0.25) is 10.0 Å². The fraction of sp³-hybridized carbons (Fsp3) is 0.267. The van der Waals surface area contributed by atoms with Gasteiger partial charge in [0, 0.05) is 30.7 Å². The van der Waals surface area contributed by atoms with Gasteiger partial charge in [0.05, 0.1) is 16.3 Å². The highest BCUT2D eigenvalue weighted by Gasteiger charge is 2.33. The Morgan fingerprint density at radius 2 is 1.72 bits per heavy atom. The first-order valence-corrected chi connectivity index (χ1v) is 10.3. The molecule has 3 rings (SSSR count). The van der Waals surface area contributed by atoms with Crippen LogP contribution in [0, 0.1) is 0 Å². The predicted octanol–water partition coefficient (Wildman–Crippen LogP) is 3.50. The molecule has 1 amide bonds. The van der Waals surface area contributed by atoms with Crippen molar-refractivity contribution in [1.29, 1.82) is 0 Å². The van der Waals surface area contributed by atoms with Crippen LogP contribution in [0.1, 0.15) is 10.6 Å². The van der Waals surface area contributed by atoms with E-state index in [1.807, 2.05) is 0 Å². The molecule has 0 aliphatic carbocycles. The van der Waals surface area contributed by atoms with Crippen LogP contribution in [-0.4, -0.2) is 49.7 Å². The summed E-state index contributed by atoms with van der Waals surface area (Å²) >= 11 is 15.4. The van der Waals surface area contributed by atoms with E-state index in [-0.39, 0.29) is 52.8 Å². The maximum atomic E-state index is 12.9. The topological polar surface area (TPSA) is 70.8 Å². The van der Waals surface area contributed by atoms with Crippen LogP contribution in [0.3, 0.4) is 0 Å². The largest absolute Gasteiger partial charge is 0.459 e. The molecule has 1 aliphatic rings. The van der Waals surface area contributed by atoms with Gasteiger partial charge in [0.25, 0.3) is 5.91 Å². The summed E-state index contributed by atoms with van der Waals surface area (Å²) in [4.78, 5) is 13.7. The van der Waals surface area contributed by atoms with Gasteiger partial charge >= 0.3 is 0 Å². The molecule has 2 aromatic rings. The van der Waals surface area contributed by atoms with E-state index in [1.165, 1.54) is 22.7 Å². The van der Waals surface area contributed by atoms with Gasteiger partial charge in [-0.3, -0.25) is 4.79 Å². The van der Waals surface area contributed by atoms with E-state index in [0.29, 0.717) is 4.47 Å². The summed E-state index contributed by atoms with van der Waals surface area (Å²) in [5.41, 5.74) is 0. The van der Waals surface area contributed by atoms with Crippen molar-refractivity contribution in [3.05, 3.63) is 50.8 Å². The molecular formula is C15H13BrCl2N2O4S. The number of hydrogen-bond acceptors (Lipinski definition) is 4. The number of furan rings is 1. The number of rotatable bonds is 3. The summed E-state index contributed by atoms with van der Waals surface area (Å²) in [5.74, 6) is -0.0305. The number of hydrogen-bond donors (Lipinski definition) is 0. The molecule has 134 valence electrons. The van der Waals surface area contributed by atoms with Gasteiger partial charge in [-0.1, -0.05) is 39.1 Å². The second-order valence-corrected chi connectivity index (χ2v) is 8.98. The molecule has 10 heteroatoms. The Bertz CT molecular complexity index is 871. The Morgan fingerprint density at radius 3 is 2.24 bits per heavy atom. The number of sulfonamides is 1. The fourth-order valence-corrected chi connectivity index (χ4v) is 5.90. The van der Waals surface area contributed by atoms with Crippen LogP contribution in [0.25, 0.3) is 0 Å². The third-order valence-corrected chi connectivity index (χ3v) is 7.10. The molecule has 0 bridgehead atoms. The normalized spacial score (nSPS) is 16.2. The van der Waals surface area contributed by atoms with E-state index in [1.54, 1.807) is 17.0 Å². The van der Waals surface area contributed by atoms with Crippen molar-refractivity contribution in [3.8, 4) is 0 Å². The molecule has 1 aromatic carbocycles. The molecule has 6 nitrogen and oxygen atoms in total. The summed E-state index contributed by atoms with van der Waals surface area (Å²) < 4.78 is 32.7. The van der Waals surface area contributed by atoms with Gasteiger partial charge in [0.15, 0.2) is 5.76 Å². The van der Waals surface area contributed by atoms with E-state index in [2.05, 4.69) is 15.9 Å². The van der Waals surface area contributed by atoms with Gasteiger partial charge in [-0.15, -0.1) is 0 Å². The molecule has 1 fully saturated rings. The van der Waals surface area contributed by atoms with E-state index < -0.39 is 10.0 Å². The smallest absolute Gasteiger partial charge is 0.289 e. The minimum atomic E-state index is -3.86. The molecule has 0 atom stereocenters. The Kier molecular flexibility index (Phi) is 5.45. The number of halogens is 3. The monoisotopic (exact) mass is 466 g/mol. The average molecular weight is 468 g/mol. The molecule has 1 aromatic heterocycles. The Hall–Kier alpha value is -1.06. The van der Waals surface area contributed by atoms with Crippen LogP contribution in [0.15, 0.2) is 44.3 Å². The van der Waals surface area contributed by atoms with Gasteiger partial charge in [-0.25, -0.2) is 8.42 Å². The summed E-state index contributed by atoms with van der Waals surface area (Å²) in [6.45, 7) is 0.810. The van der Waals surface area contributed by atoms with Gasteiger partial charge in [0.1, 0.15) is 4.90 Å². The van der Waals surface area contributed by atoms with Crippen molar-refractivity contribution in [2.24, 2.45) is 0 Å². The first-order valence-electron chi connectivity index (χ1n) is 7.28. The number of piperazine rings is 1. The predicted molar refractivity (Wildman–Crippen MR) is 97.5 cm³/mol. The maximum Gasteiger partial charge on any atom is 0.289 e. The first-order chi connectivity index (χ1) is 11.8. The van der Waals surface area contributed by atoms with Crippen LogP contribution in [0.5, 0.6) is 0 Å². The summed E-state index contributed by atoms with van der Waals surface area (Å²) in [5, 5.41) is 0.0990. The molecule has 0 unspecified atom stereocenters. The third-order valence-electron chi connectivity index (χ3n) is 3.82. The number of carbonyl (C=O) groups is 1. The lowest BCUT2D eigenvalue weighted by Crippen LogP contribution is -2.50. The quantitative estimate of drug-likeness (QED) is 0.692. The zero-order valence-corrected chi connectivity index (χ0v) is 16.7. The highest BCUT2D eigenvalue weighted by molar-refractivity contribution is 9.10. The Labute approximate surface area is 163 Å². The second-order valence-electron chi connectivity index (χ2n) is 5.37. The highest BCUT2D eigenvalue weighted by atomic mass is 79.9. The summed E-state index contributed by atoms with van der Waals surface area (Å²) in [6.07, 6.45) is 1.42. The standard InChI is InChI=1S/C15H13BrCl2N2O4S/c16-10-8-11(17)14(12(18)9-10)25(22,23)20-5-3-19(4-6-20)15(21)13-2-1-7-24-13/h1-2,7-9H,3-6H2. The molecule has 0 spiro atoms. The minimum absolute atomic E-state index is 0.0495. The van der Waals surface area contributed by atoms with Gasteiger partial charge in [-0.2, -0.15) is 4.31 Å². The van der Waals surface area contributed by atoms with Crippen molar-refractivity contribution in [2.75, 3.05) is 26.2 Å². The fourth-order valence-electron chi connectivity index (χ4n) is 2.59. The highest BCUT2D eigenvalue weighted by Crippen LogP contribution is 2.35. The molecular weight excluding hydrogens is 455 g/mol. The molecule has 2 heterocycles. The average Bonchev–Trinajstić information content (AvgIpc) is 3.07. The van der Waals surface area contributed by atoms with Crippen LogP contribution in [-0.2, 0) is 10.0 Å². The zero-order valence-electron chi connectivity index (χ0n) is 12.8. The van der Waals surface area contributed by atoms with Crippen LogP contribution >= 0.6 is 39.1 Å². The van der Waals surface area contributed by atoms with Crippen molar-refractivity contribution in [3.63, 3.8) is 0 Å². The van der Waals surface area contributed by atoms with Crippen molar-refractivity contribution in [1.82, 2.24) is 9.21 Å². The summed E-state index contributed by atoms with van der Waals surface area (Å²) in [7, 11) is -3.86. The molecule has 1 saturated heterocycles. The number of nitrogens with zero attached hydrogens (tertiary/aromatic N) is 2. The van der Waals surface area contributed by atoms with Crippen LogP contribution < -0.4 is 0 Å². The van der Waals surface area contributed by atoms with Crippen molar-refractivity contribution in [2.45, 2.75) is 4.90 Å². The first kappa shape index (κ1) is 18.7. The third kappa shape index (κ3) is 3.73. The molecule has 0 N–H and O–H groups in total. The number of carbonyl (C=O) groups excluding carboxylic acids is 1. The Balaban J connectivity index is 1.77. The minimum Gasteiger partial charge on any atom is -0.459 e. The molecule has 25 heavy (non-hydrogen) atoms. The number of amides is 1. The van der Waals surface area contributed by atoms with E-state index >= 15 is 0 Å². The molecule has 0 saturated carbocycles. The van der Waals surface area contributed by atoms with E-state index in [9.17, 15) is 13.2 Å². The SMILES string of the molecule is O=C(c1ccco1)N1CCN(S(=O)(=O)c2c(Cl)cc(Br)cc2Cl)CC1. The second kappa shape index (κ2) is 7.28. The molecule has 0 radical (unpaired) electrons. The van der Waals surface area contributed by atoms with Crippen molar-refractivity contribution < 1.29 is 17.6 Å². The molecule has 1 aliphatic heterocycles. The lowest BCUT2D eigenvalue weighted by atomic mass is 10.3. The number of benzene rings is 1. The Morgan fingerprint density at radius 1 is 1.12 bits per heavy atom. The van der Waals surface area contributed by atoms with Gasteiger partial charge in [0.2, 0.25) is 10.0 Å². The zero-order chi connectivity index (χ0) is 18.2. The van der Waals surface area contributed by atoms with E-state index in [4.69, 9.17) is 27.6 Å². The lowest BCUT2D eigenvalue weighted by molar-refractivity contribution is 0.0666. The summed E-state index contributed by atoms with van der Waals surface area (Å²) in [6, 6.07) is 6.17. The van der Waals surface area contributed by atoms with E-state index in [0.717, 1.165) is 0 Å². The lowest BCUT2D eigenvalue weighted by Gasteiger charge is -2.33.